The Bertz CT molecular complexity index is 355. The summed E-state index contributed by atoms with van der Waals surface area (Å²) in [6.07, 6.45) is 7.81. The first-order valence-corrected chi connectivity index (χ1v) is 7.51. The Morgan fingerprint density at radius 3 is 2.39 bits per heavy atom. The number of allylic oxidation sites excluding steroid dienone is 1. The first kappa shape index (κ1) is 14.2. The molecule has 0 heterocycles. The van der Waals surface area contributed by atoms with Gasteiger partial charge in [0.15, 0.2) is 0 Å². The lowest BCUT2D eigenvalue weighted by Crippen LogP contribution is -2.38. The maximum atomic E-state index is 12.3. The molecule has 2 unspecified atom stereocenters. The molecule has 2 aliphatic rings. The number of rotatable bonds is 3. The van der Waals surface area contributed by atoms with Gasteiger partial charge in [-0.15, -0.1) is 0 Å². The van der Waals surface area contributed by atoms with Crippen LogP contribution in [-0.2, 0) is 4.79 Å². The highest BCUT2D eigenvalue weighted by atomic mass is 35.5. The van der Waals surface area contributed by atoms with E-state index in [1.807, 2.05) is 0 Å². The number of nitrogens with one attached hydrogen (secondary N) is 1. The molecule has 0 spiro atoms. The zero-order chi connectivity index (χ0) is 13.3. The summed E-state index contributed by atoms with van der Waals surface area (Å²) in [5.74, 6) is 0.362. The molecule has 0 aromatic rings. The first-order valence-electron chi connectivity index (χ1n) is 6.76. The molecule has 0 aromatic heterocycles. The SMILES string of the molecule is CC1(C)C(C=C(Cl)Cl)C1C(=O)NC1CCCCC1. The van der Waals surface area contributed by atoms with Crippen LogP contribution in [0.3, 0.4) is 0 Å². The second-order valence-electron chi connectivity index (χ2n) is 6.12. The standard InChI is InChI=1S/C14H21Cl2NO/c1-14(2)10(8-11(15)16)12(14)13(18)17-9-6-4-3-5-7-9/h8-10,12H,3-7H2,1-2H3,(H,17,18). The molecule has 2 saturated carbocycles. The van der Waals surface area contributed by atoms with Crippen molar-refractivity contribution in [2.75, 3.05) is 0 Å². The summed E-state index contributed by atoms with van der Waals surface area (Å²) in [6.45, 7) is 4.19. The minimum atomic E-state index is -0.0201. The molecule has 0 saturated heterocycles. The Morgan fingerprint density at radius 2 is 1.83 bits per heavy atom. The van der Waals surface area contributed by atoms with Crippen molar-refractivity contribution in [2.24, 2.45) is 17.3 Å². The van der Waals surface area contributed by atoms with Crippen molar-refractivity contribution < 1.29 is 4.79 Å². The third-order valence-corrected chi connectivity index (χ3v) is 4.70. The van der Waals surface area contributed by atoms with Crippen LogP contribution >= 0.6 is 23.2 Å². The van der Waals surface area contributed by atoms with Crippen molar-refractivity contribution in [2.45, 2.75) is 52.0 Å². The molecule has 2 aliphatic carbocycles. The maximum Gasteiger partial charge on any atom is 0.224 e. The second-order valence-corrected chi connectivity index (χ2v) is 7.13. The van der Waals surface area contributed by atoms with Gasteiger partial charge in [0.25, 0.3) is 0 Å². The number of amides is 1. The van der Waals surface area contributed by atoms with Gasteiger partial charge in [0, 0.05) is 6.04 Å². The molecule has 1 N–H and O–H groups in total. The Hall–Kier alpha value is -0.210. The number of carbonyl (C=O) groups is 1. The van der Waals surface area contributed by atoms with Crippen molar-refractivity contribution in [3.8, 4) is 0 Å². The van der Waals surface area contributed by atoms with Gasteiger partial charge in [0.05, 0.1) is 5.92 Å². The van der Waals surface area contributed by atoms with Gasteiger partial charge >= 0.3 is 0 Å². The fourth-order valence-corrected chi connectivity index (χ4v) is 3.43. The molecule has 2 nitrogen and oxygen atoms in total. The zero-order valence-corrected chi connectivity index (χ0v) is 12.5. The van der Waals surface area contributed by atoms with Gasteiger partial charge < -0.3 is 5.32 Å². The number of hydrogen-bond donors (Lipinski definition) is 1. The molecule has 0 radical (unpaired) electrons. The topological polar surface area (TPSA) is 29.1 Å². The molecule has 0 aromatic carbocycles. The van der Waals surface area contributed by atoms with Crippen LogP contribution in [0.25, 0.3) is 0 Å². The second kappa shape index (κ2) is 5.42. The molecule has 0 aliphatic heterocycles. The summed E-state index contributed by atoms with van der Waals surface area (Å²) in [7, 11) is 0. The number of halogens is 2. The third kappa shape index (κ3) is 3.03. The van der Waals surface area contributed by atoms with Crippen molar-refractivity contribution >= 4 is 29.1 Å². The van der Waals surface area contributed by atoms with Gasteiger partial charge in [0.1, 0.15) is 4.49 Å². The lowest BCUT2D eigenvalue weighted by molar-refractivity contribution is -0.124. The van der Waals surface area contributed by atoms with Crippen LogP contribution < -0.4 is 5.32 Å². The van der Waals surface area contributed by atoms with Crippen molar-refractivity contribution in [3.05, 3.63) is 10.6 Å². The van der Waals surface area contributed by atoms with Gasteiger partial charge in [0.2, 0.25) is 5.91 Å². The van der Waals surface area contributed by atoms with Gasteiger partial charge in [-0.1, -0.05) is 56.3 Å². The summed E-state index contributed by atoms with van der Waals surface area (Å²) in [5, 5.41) is 3.19. The Labute approximate surface area is 119 Å². The highest BCUT2D eigenvalue weighted by Gasteiger charge is 2.60. The van der Waals surface area contributed by atoms with Crippen LogP contribution in [0, 0.1) is 17.3 Å². The van der Waals surface area contributed by atoms with E-state index in [4.69, 9.17) is 23.2 Å². The van der Waals surface area contributed by atoms with Crippen LogP contribution in [0.2, 0.25) is 0 Å². The van der Waals surface area contributed by atoms with E-state index >= 15 is 0 Å². The average molecular weight is 290 g/mol. The van der Waals surface area contributed by atoms with Gasteiger partial charge in [-0.2, -0.15) is 0 Å². The predicted octanol–water partition coefficient (Wildman–Crippen LogP) is 4.03. The summed E-state index contributed by atoms with van der Waals surface area (Å²) in [5.41, 5.74) is -0.0201. The molecule has 2 fully saturated rings. The van der Waals surface area contributed by atoms with Crippen LogP contribution in [-0.4, -0.2) is 11.9 Å². The Balaban J connectivity index is 1.91. The molecule has 4 heteroatoms. The molecule has 2 atom stereocenters. The summed E-state index contributed by atoms with van der Waals surface area (Å²) in [4.78, 5) is 12.3. The summed E-state index contributed by atoms with van der Waals surface area (Å²) in [6, 6.07) is 0.374. The summed E-state index contributed by atoms with van der Waals surface area (Å²) < 4.78 is 0.265. The molecule has 2 rings (SSSR count). The quantitative estimate of drug-likeness (QED) is 0.835. The highest BCUT2D eigenvalue weighted by molar-refractivity contribution is 6.55. The average Bonchev–Trinajstić information content (AvgIpc) is 2.80. The maximum absolute atomic E-state index is 12.3. The highest BCUT2D eigenvalue weighted by Crippen LogP contribution is 2.59. The van der Waals surface area contributed by atoms with E-state index in [2.05, 4.69) is 19.2 Å². The lowest BCUT2D eigenvalue weighted by atomic mass is 9.95. The molecule has 0 bridgehead atoms. The van der Waals surface area contributed by atoms with E-state index < -0.39 is 0 Å². The monoisotopic (exact) mass is 289 g/mol. The first-order chi connectivity index (χ1) is 8.43. The zero-order valence-electron chi connectivity index (χ0n) is 11.0. The van der Waals surface area contributed by atoms with Crippen molar-refractivity contribution in [1.82, 2.24) is 5.32 Å². The normalized spacial score (nSPS) is 30.7. The predicted molar refractivity (Wildman–Crippen MR) is 75.6 cm³/mol. The van der Waals surface area contributed by atoms with Crippen molar-refractivity contribution in [1.29, 1.82) is 0 Å². The smallest absolute Gasteiger partial charge is 0.224 e. The lowest BCUT2D eigenvalue weighted by Gasteiger charge is -2.23. The van der Waals surface area contributed by atoms with E-state index in [1.165, 1.54) is 19.3 Å². The van der Waals surface area contributed by atoms with Gasteiger partial charge in [-0.05, 0) is 30.3 Å². The van der Waals surface area contributed by atoms with E-state index in [0.717, 1.165) is 12.8 Å². The third-order valence-electron chi connectivity index (χ3n) is 4.45. The van der Waals surface area contributed by atoms with E-state index in [-0.39, 0.29) is 27.6 Å². The minimum Gasteiger partial charge on any atom is -0.353 e. The molecule has 102 valence electrons. The molecular formula is C14H21Cl2NO. The summed E-state index contributed by atoms with van der Waals surface area (Å²) >= 11 is 11.4. The molecule has 1 amide bonds. The Morgan fingerprint density at radius 1 is 1.22 bits per heavy atom. The van der Waals surface area contributed by atoms with Gasteiger partial charge in [-0.25, -0.2) is 0 Å². The van der Waals surface area contributed by atoms with E-state index in [0.29, 0.717) is 6.04 Å². The fraction of sp³-hybridized carbons (Fsp3) is 0.786. The van der Waals surface area contributed by atoms with Crippen molar-refractivity contribution in [3.63, 3.8) is 0 Å². The van der Waals surface area contributed by atoms with Crippen LogP contribution in [0.5, 0.6) is 0 Å². The van der Waals surface area contributed by atoms with Crippen LogP contribution in [0.15, 0.2) is 10.6 Å². The molecular weight excluding hydrogens is 269 g/mol. The Kier molecular flexibility index (Phi) is 4.28. The van der Waals surface area contributed by atoms with E-state index in [1.54, 1.807) is 6.08 Å². The van der Waals surface area contributed by atoms with E-state index in [9.17, 15) is 4.79 Å². The number of hydrogen-bond acceptors (Lipinski definition) is 1. The van der Waals surface area contributed by atoms with Crippen LogP contribution in [0.1, 0.15) is 46.0 Å². The fourth-order valence-electron chi connectivity index (χ4n) is 3.16. The molecule has 18 heavy (non-hydrogen) atoms. The minimum absolute atomic E-state index is 0.0201. The number of carbonyl (C=O) groups excluding carboxylic acids is 1. The van der Waals surface area contributed by atoms with Crippen LogP contribution in [0.4, 0.5) is 0 Å². The van der Waals surface area contributed by atoms with Gasteiger partial charge in [-0.3, -0.25) is 4.79 Å². The largest absolute Gasteiger partial charge is 0.353 e.